The van der Waals surface area contributed by atoms with E-state index in [1.165, 1.54) is 12.7 Å². The van der Waals surface area contributed by atoms with Crippen LogP contribution in [0.3, 0.4) is 0 Å². The van der Waals surface area contributed by atoms with E-state index < -0.39 is 6.04 Å². The third-order valence-electron chi connectivity index (χ3n) is 4.23. The van der Waals surface area contributed by atoms with E-state index in [2.05, 4.69) is 26.0 Å². The Morgan fingerprint density at radius 2 is 1.76 bits per heavy atom. The van der Waals surface area contributed by atoms with Crippen molar-refractivity contribution in [2.24, 2.45) is 0 Å². The van der Waals surface area contributed by atoms with Crippen LogP contribution in [0.4, 0.5) is 0 Å². The van der Waals surface area contributed by atoms with Crippen LogP contribution in [-0.2, 0) is 14.3 Å². The Hall–Kier alpha value is -1.84. The van der Waals surface area contributed by atoms with Gasteiger partial charge in [0.15, 0.2) is 0 Å². The Morgan fingerprint density at radius 1 is 1.19 bits per heavy atom. The van der Waals surface area contributed by atoms with Gasteiger partial charge in [-0.3, -0.25) is 4.79 Å². The van der Waals surface area contributed by atoms with Crippen molar-refractivity contribution in [3.8, 4) is 0 Å². The van der Waals surface area contributed by atoms with Gasteiger partial charge in [0.1, 0.15) is 6.04 Å². The molecule has 4 heteroatoms. The third kappa shape index (κ3) is 3.09. The number of rotatable bonds is 4. The second kappa shape index (κ2) is 6.29. The number of hydrogen-bond acceptors (Lipinski definition) is 3. The largest absolute Gasteiger partial charge is 0.467 e. The number of carbonyl (C=O) groups is 2. The Kier molecular flexibility index (Phi) is 4.66. The molecule has 2 unspecified atom stereocenters. The summed E-state index contributed by atoms with van der Waals surface area (Å²) in [5, 5.41) is 0. The SMILES string of the molecule is COC(=O)C1CCC(=O)N1C(C)c1ccc(C(C)C)cc1. The van der Waals surface area contributed by atoms with Crippen molar-refractivity contribution in [1.29, 1.82) is 0 Å². The minimum Gasteiger partial charge on any atom is -0.467 e. The van der Waals surface area contributed by atoms with Gasteiger partial charge in [-0.25, -0.2) is 4.79 Å². The molecule has 1 heterocycles. The molecule has 114 valence electrons. The van der Waals surface area contributed by atoms with Crippen molar-refractivity contribution >= 4 is 11.9 Å². The first-order chi connectivity index (χ1) is 9.95. The van der Waals surface area contributed by atoms with Gasteiger partial charge in [-0.05, 0) is 30.4 Å². The summed E-state index contributed by atoms with van der Waals surface area (Å²) in [6.45, 7) is 6.26. The van der Waals surface area contributed by atoms with Gasteiger partial charge >= 0.3 is 5.97 Å². The molecule has 0 saturated carbocycles. The van der Waals surface area contributed by atoms with Gasteiger partial charge in [-0.15, -0.1) is 0 Å². The first kappa shape index (κ1) is 15.5. The van der Waals surface area contributed by atoms with E-state index in [-0.39, 0.29) is 17.9 Å². The normalized spacial score (nSPS) is 20.0. The van der Waals surface area contributed by atoms with Crippen LogP contribution in [-0.4, -0.2) is 29.9 Å². The number of hydrogen-bond donors (Lipinski definition) is 0. The van der Waals surface area contributed by atoms with Crippen molar-refractivity contribution < 1.29 is 14.3 Å². The predicted molar refractivity (Wildman–Crippen MR) is 80.8 cm³/mol. The van der Waals surface area contributed by atoms with Gasteiger partial charge in [0.05, 0.1) is 13.2 Å². The highest BCUT2D eigenvalue weighted by Crippen LogP contribution is 2.31. The van der Waals surface area contributed by atoms with Crippen LogP contribution in [0, 0.1) is 0 Å². The van der Waals surface area contributed by atoms with Crippen LogP contribution >= 0.6 is 0 Å². The molecule has 2 atom stereocenters. The summed E-state index contributed by atoms with van der Waals surface area (Å²) in [7, 11) is 1.37. The zero-order chi connectivity index (χ0) is 15.6. The number of carbonyl (C=O) groups excluding carboxylic acids is 2. The van der Waals surface area contributed by atoms with E-state index in [0.29, 0.717) is 18.8 Å². The molecule has 2 rings (SSSR count). The number of likely N-dealkylation sites (tertiary alicyclic amines) is 1. The Morgan fingerprint density at radius 3 is 2.29 bits per heavy atom. The maximum absolute atomic E-state index is 12.1. The van der Waals surface area contributed by atoms with E-state index in [4.69, 9.17) is 4.74 Å². The lowest BCUT2D eigenvalue weighted by Crippen LogP contribution is -2.40. The molecule has 1 aliphatic rings. The van der Waals surface area contributed by atoms with Gasteiger partial charge in [0.2, 0.25) is 5.91 Å². The smallest absolute Gasteiger partial charge is 0.328 e. The van der Waals surface area contributed by atoms with E-state index in [1.54, 1.807) is 4.90 Å². The molecule has 0 spiro atoms. The summed E-state index contributed by atoms with van der Waals surface area (Å²) in [4.78, 5) is 25.6. The van der Waals surface area contributed by atoms with Crippen molar-refractivity contribution in [3.63, 3.8) is 0 Å². The number of esters is 1. The Labute approximate surface area is 126 Å². The minimum absolute atomic E-state index is 0.0193. The van der Waals surface area contributed by atoms with Crippen LogP contribution in [0.15, 0.2) is 24.3 Å². The van der Waals surface area contributed by atoms with Crippen molar-refractivity contribution in [3.05, 3.63) is 35.4 Å². The fraction of sp³-hybridized carbons (Fsp3) is 0.529. The molecule has 1 aromatic carbocycles. The van der Waals surface area contributed by atoms with E-state index >= 15 is 0 Å². The number of benzene rings is 1. The van der Waals surface area contributed by atoms with Gasteiger partial charge in [-0.1, -0.05) is 38.1 Å². The summed E-state index contributed by atoms with van der Waals surface area (Å²) in [5.74, 6) is 0.169. The lowest BCUT2D eigenvalue weighted by atomic mass is 9.99. The number of methoxy groups -OCH3 is 1. The van der Waals surface area contributed by atoms with E-state index in [0.717, 1.165) is 5.56 Å². The number of ether oxygens (including phenoxy) is 1. The van der Waals surface area contributed by atoms with Crippen molar-refractivity contribution in [2.75, 3.05) is 7.11 Å². The Balaban J connectivity index is 2.22. The molecule has 0 bridgehead atoms. The van der Waals surface area contributed by atoms with E-state index in [9.17, 15) is 9.59 Å². The molecule has 1 amide bonds. The average Bonchev–Trinajstić information content (AvgIpc) is 2.87. The summed E-state index contributed by atoms with van der Waals surface area (Å²) in [6.07, 6.45) is 0.952. The summed E-state index contributed by atoms with van der Waals surface area (Å²) in [6, 6.07) is 7.68. The van der Waals surface area contributed by atoms with Gasteiger partial charge in [-0.2, -0.15) is 0 Å². The lowest BCUT2D eigenvalue weighted by Gasteiger charge is -2.30. The number of amides is 1. The molecule has 0 N–H and O–H groups in total. The lowest BCUT2D eigenvalue weighted by molar-refractivity contribution is -0.150. The zero-order valence-corrected chi connectivity index (χ0v) is 13.1. The molecule has 1 saturated heterocycles. The van der Waals surface area contributed by atoms with Crippen molar-refractivity contribution in [2.45, 2.75) is 51.6 Å². The first-order valence-corrected chi connectivity index (χ1v) is 7.44. The highest BCUT2D eigenvalue weighted by molar-refractivity contribution is 5.88. The summed E-state index contributed by atoms with van der Waals surface area (Å²) in [5.41, 5.74) is 2.31. The van der Waals surface area contributed by atoms with E-state index in [1.807, 2.05) is 19.1 Å². The van der Waals surface area contributed by atoms with Crippen LogP contribution in [0.1, 0.15) is 56.7 Å². The topological polar surface area (TPSA) is 46.6 Å². The predicted octanol–water partition coefficient (Wildman–Crippen LogP) is 3.04. The fourth-order valence-corrected chi connectivity index (χ4v) is 2.88. The van der Waals surface area contributed by atoms with Crippen molar-refractivity contribution in [1.82, 2.24) is 4.90 Å². The second-order valence-corrected chi connectivity index (χ2v) is 5.88. The van der Waals surface area contributed by atoms with Crippen LogP contribution in [0.25, 0.3) is 0 Å². The van der Waals surface area contributed by atoms with Gasteiger partial charge < -0.3 is 9.64 Å². The molecular weight excluding hydrogens is 266 g/mol. The molecule has 0 radical (unpaired) electrons. The quantitative estimate of drug-likeness (QED) is 0.800. The standard InChI is InChI=1S/C17H23NO3/c1-11(2)13-5-7-14(8-6-13)12(3)18-15(17(20)21-4)9-10-16(18)19/h5-8,11-12,15H,9-10H2,1-4H3. The third-order valence-corrected chi connectivity index (χ3v) is 4.23. The Bertz CT molecular complexity index is 521. The van der Waals surface area contributed by atoms with Gasteiger partial charge in [0.25, 0.3) is 0 Å². The molecule has 0 aromatic heterocycles. The molecule has 0 aliphatic carbocycles. The monoisotopic (exact) mass is 289 g/mol. The highest BCUT2D eigenvalue weighted by atomic mass is 16.5. The highest BCUT2D eigenvalue weighted by Gasteiger charge is 2.39. The number of nitrogens with zero attached hydrogens (tertiary/aromatic N) is 1. The van der Waals surface area contributed by atoms with Crippen LogP contribution in [0.5, 0.6) is 0 Å². The molecule has 21 heavy (non-hydrogen) atoms. The van der Waals surface area contributed by atoms with Crippen LogP contribution < -0.4 is 0 Å². The maximum atomic E-state index is 12.1. The fourth-order valence-electron chi connectivity index (χ4n) is 2.88. The maximum Gasteiger partial charge on any atom is 0.328 e. The second-order valence-electron chi connectivity index (χ2n) is 5.88. The average molecular weight is 289 g/mol. The molecule has 1 aromatic rings. The minimum atomic E-state index is -0.456. The van der Waals surface area contributed by atoms with Crippen LogP contribution in [0.2, 0.25) is 0 Å². The summed E-state index contributed by atoms with van der Waals surface area (Å²) >= 11 is 0. The molecule has 1 fully saturated rings. The molecular formula is C17H23NO3. The molecule has 4 nitrogen and oxygen atoms in total. The molecule has 1 aliphatic heterocycles. The first-order valence-electron chi connectivity index (χ1n) is 7.44. The zero-order valence-electron chi connectivity index (χ0n) is 13.1. The summed E-state index contributed by atoms with van der Waals surface area (Å²) < 4.78 is 4.82. The van der Waals surface area contributed by atoms with Gasteiger partial charge in [0, 0.05) is 6.42 Å².